The molecule has 0 fully saturated rings. The number of esters is 1. The van der Waals surface area contributed by atoms with Crippen LogP contribution in [-0.2, 0) is 18.3 Å². The molecule has 1 aromatic rings. The summed E-state index contributed by atoms with van der Waals surface area (Å²) in [4.78, 5) is 11.4. The molecule has 0 saturated carbocycles. The van der Waals surface area contributed by atoms with Crippen molar-refractivity contribution >= 4 is 13.6 Å². The highest BCUT2D eigenvalue weighted by Crippen LogP contribution is 2.47. The monoisotopic (exact) mass is 342 g/mol. The molecule has 7 heteroatoms. The second-order valence-electron chi connectivity index (χ2n) is 4.43. The van der Waals surface area contributed by atoms with Crippen LogP contribution in [0.2, 0.25) is 0 Å². The van der Waals surface area contributed by atoms with Crippen LogP contribution in [0.25, 0.3) is 0 Å². The van der Waals surface area contributed by atoms with Crippen molar-refractivity contribution in [2.75, 3.05) is 33.1 Å². The molecule has 0 unspecified atom stereocenters. The van der Waals surface area contributed by atoms with Crippen molar-refractivity contribution in [3.05, 3.63) is 42.0 Å². The molecule has 0 spiro atoms. The largest absolute Gasteiger partial charge is 0.490 e. The molecular weight excluding hydrogens is 319 g/mol. The molecule has 6 nitrogen and oxygen atoms in total. The van der Waals surface area contributed by atoms with Gasteiger partial charge in [0.2, 0.25) is 0 Å². The molecule has 0 N–H and O–H groups in total. The van der Waals surface area contributed by atoms with E-state index in [4.69, 9.17) is 13.8 Å². The molecule has 0 atom stereocenters. The topological polar surface area (TPSA) is 71.1 Å². The summed E-state index contributed by atoms with van der Waals surface area (Å²) < 4.78 is 32.7. The first-order valence-corrected chi connectivity index (χ1v) is 9.11. The minimum absolute atomic E-state index is 0.195. The quantitative estimate of drug-likeness (QED) is 0.367. The number of ether oxygens (including phenoxy) is 2. The second kappa shape index (κ2) is 10.2. The molecule has 0 aliphatic rings. The molecule has 0 radical (unpaired) electrons. The van der Waals surface area contributed by atoms with Crippen molar-refractivity contribution in [3.63, 3.8) is 0 Å². The Labute approximate surface area is 136 Å². The molecular formula is C16H23O6P. The van der Waals surface area contributed by atoms with Crippen LogP contribution >= 0.6 is 7.60 Å². The highest BCUT2D eigenvalue weighted by molar-refractivity contribution is 7.54. The van der Waals surface area contributed by atoms with Gasteiger partial charge in [0.25, 0.3) is 0 Å². The van der Waals surface area contributed by atoms with Crippen molar-refractivity contribution in [2.45, 2.75) is 13.8 Å². The van der Waals surface area contributed by atoms with Crippen LogP contribution in [-0.4, -0.2) is 39.1 Å². The Morgan fingerprint density at radius 2 is 1.87 bits per heavy atom. The molecule has 23 heavy (non-hydrogen) atoms. The zero-order valence-electron chi connectivity index (χ0n) is 13.7. The van der Waals surface area contributed by atoms with Gasteiger partial charge in [-0.25, -0.2) is 4.79 Å². The van der Waals surface area contributed by atoms with Crippen molar-refractivity contribution in [2.24, 2.45) is 0 Å². The Bertz CT molecular complexity index is 559. The zero-order chi connectivity index (χ0) is 17.1. The molecule has 0 aliphatic heterocycles. The van der Waals surface area contributed by atoms with E-state index >= 15 is 0 Å². The summed E-state index contributed by atoms with van der Waals surface area (Å²) in [5, 5.41) is 0. The predicted octanol–water partition coefficient (Wildman–Crippen LogP) is 3.67. The number of carbonyl (C=O) groups excluding carboxylic acids is 1. The van der Waals surface area contributed by atoms with Crippen LogP contribution in [0.4, 0.5) is 0 Å². The van der Waals surface area contributed by atoms with Crippen LogP contribution in [0.5, 0.6) is 5.75 Å². The zero-order valence-corrected chi connectivity index (χ0v) is 14.6. The molecule has 0 amide bonds. The van der Waals surface area contributed by atoms with Crippen LogP contribution in [0.3, 0.4) is 0 Å². The van der Waals surface area contributed by atoms with Gasteiger partial charge in [-0.15, -0.1) is 0 Å². The van der Waals surface area contributed by atoms with E-state index in [0.29, 0.717) is 24.5 Å². The van der Waals surface area contributed by atoms with Gasteiger partial charge in [-0.2, -0.15) is 0 Å². The number of carbonyl (C=O) groups is 1. The van der Waals surface area contributed by atoms with Gasteiger partial charge in [-0.1, -0.05) is 18.2 Å². The average Bonchev–Trinajstić information content (AvgIpc) is 2.54. The summed E-state index contributed by atoms with van der Waals surface area (Å²) in [6.45, 7) is 4.49. The summed E-state index contributed by atoms with van der Waals surface area (Å²) in [6.07, 6.45) is 3.63. The lowest BCUT2D eigenvalue weighted by atomic mass is 10.2. The van der Waals surface area contributed by atoms with E-state index in [2.05, 4.69) is 4.74 Å². The predicted molar refractivity (Wildman–Crippen MR) is 88.1 cm³/mol. The Hall–Kier alpha value is -1.62. The third-order valence-corrected chi connectivity index (χ3v) is 4.71. The fourth-order valence-corrected chi connectivity index (χ4v) is 3.26. The lowest BCUT2D eigenvalue weighted by molar-refractivity contribution is 0.0600. The first kappa shape index (κ1) is 19.4. The summed E-state index contributed by atoms with van der Waals surface area (Å²) in [7, 11) is -1.73. The summed E-state index contributed by atoms with van der Waals surface area (Å²) in [5.41, 5.74) is 0.422. The number of hydrogen-bond acceptors (Lipinski definition) is 6. The van der Waals surface area contributed by atoms with Crippen molar-refractivity contribution in [1.29, 1.82) is 0 Å². The lowest BCUT2D eigenvalue weighted by Crippen LogP contribution is -2.02. The minimum atomic E-state index is -3.06. The Morgan fingerprint density at radius 3 is 2.48 bits per heavy atom. The molecule has 0 aliphatic carbocycles. The SMILES string of the molecule is CCOP(=O)(CC=CCOc1cccc(C(=O)OC)c1)OCC. The maximum Gasteiger partial charge on any atom is 0.337 e. The first-order valence-electron chi connectivity index (χ1n) is 7.39. The fraction of sp³-hybridized carbons (Fsp3) is 0.438. The van der Waals surface area contributed by atoms with Gasteiger partial charge >= 0.3 is 13.6 Å². The summed E-state index contributed by atoms with van der Waals surface area (Å²) >= 11 is 0. The molecule has 0 saturated heterocycles. The van der Waals surface area contributed by atoms with Crippen LogP contribution < -0.4 is 4.74 Å². The Balaban J connectivity index is 2.50. The molecule has 0 bridgehead atoms. The van der Waals surface area contributed by atoms with Crippen LogP contribution in [0, 0.1) is 0 Å². The number of methoxy groups -OCH3 is 1. The van der Waals surface area contributed by atoms with E-state index < -0.39 is 13.6 Å². The normalized spacial score (nSPS) is 11.6. The molecule has 1 rings (SSSR count). The molecule has 0 aromatic heterocycles. The van der Waals surface area contributed by atoms with Gasteiger partial charge in [-0.3, -0.25) is 4.57 Å². The van der Waals surface area contributed by atoms with Gasteiger partial charge in [0.05, 0.1) is 32.0 Å². The van der Waals surface area contributed by atoms with Crippen LogP contribution in [0.15, 0.2) is 36.4 Å². The van der Waals surface area contributed by atoms with Gasteiger partial charge in [0, 0.05) is 0 Å². The molecule has 0 heterocycles. The number of rotatable bonds is 10. The second-order valence-corrected chi connectivity index (χ2v) is 6.53. The highest BCUT2D eigenvalue weighted by Gasteiger charge is 2.20. The van der Waals surface area contributed by atoms with Crippen molar-refractivity contribution in [1.82, 2.24) is 0 Å². The minimum Gasteiger partial charge on any atom is -0.490 e. The summed E-state index contributed by atoms with van der Waals surface area (Å²) in [6, 6.07) is 6.70. The first-order chi connectivity index (χ1) is 11.0. The van der Waals surface area contributed by atoms with Crippen molar-refractivity contribution < 1.29 is 27.9 Å². The van der Waals surface area contributed by atoms with E-state index in [1.807, 2.05) is 0 Å². The Morgan fingerprint density at radius 1 is 1.17 bits per heavy atom. The maximum atomic E-state index is 12.2. The molecule has 1 aromatic carbocycles. The number of hydrogen-bond donors (Lipinski definition) is 0. The van der Waals surface area contributed by atoms with E-state index in [9.17, 15) is 9.36 Å². The third-order valence-electron chi connectivity index (χ3n) is 2.75. The standard InChI is InChI=1S/C16H23O6P/c1-4-21-23(18,22-5-2)12-7-6-11-20-15-10-8-9-14(13-15)16(17)19-3/h6-10,13H,4-5,11-12H2,1-3H3. The van der Waals surface area contributed by atoms with Crippen LogP contribution in [0.1, 0.15) is 24.2 Å². The maximum absolute atomic E-state index is 12.2. The van der Waals surface area contributed by atoms with E-state index in [-0.39, 0.29) is 12.8 Å². The third kappa shape index (κ3) is 6.99. The van der Waals surface area contributed by atoms with Gasteiger partial charge in [0.15, 0.2) is 0 Å². The molecule has 128 valence electrons. The Kier molecular flexibility index (Phi) is 8.62. The van der Waals surface area contributed by atoms with Gasteiger partial charge < -0.3 is 18.5 Å². The van der Waals surface area contributed by atoms with Crippen molar-refractivity contribution in [3.8, 4) is 5.75 Å². The van der Waals surface area contributed by atoms with E-state index in [1.165, 1.54) is 7.11 Å². The lowest BCUT2D eigenvalue weighted by Gasteiger charge is -2.14. The number of allylic oxidation sites excluding steroid dienone is 1. The summed E-state index contributed by atoms with van der Waals surface area (Å²) in [5.74, 6) is 0.135. The number of benzene rings is 1. The van der Waals surface area contributed by atoms with E-state index in [1.54, 1.807) is 50.3 Å². The smallest absolute Gasteiger partial charge is 0.337 e. The average molecular weight is 342 g/mol. The van der Waals surface area contributed by atoms with E-state index in [0.717, 1.165) is 0 Å². The highest BCUT2D eigenvalue weighted by atomic mass is 31.2. The van der Waals surface area contributed by atoms with Gasteiger partial charge in [-0.05, 0) is 32.0 Å². The van der Waals surface area contributed by atoms with Gasteiger partial charge in [0.1, 0.15) is 12.4 Å². The fourth-order valence-electron chi connectivity index (χ4n) is 1.78.